The van der Waals surface area contributed by atoms with E-state index in [0.29, 0.717) is 37.6 Å². The first kappa shape index (κ1) is 23.5. The number of hydrogen-bond donors (Lipinski definition) is 1. The molecule has 6 nitrogen and oxygen atoms in total. The third-order valence-corrected chi connectivity index (χ3v) is 6.08. The molecule has 1 aromatic heterocycles. The number of fused-ring (bicyclic) bond motifs is 1. The molecule has 0 fully saturated rings. The minimum absolute atomic E-state index is 0.0391. The van der Waals surface area contributed by atoms with Gasteiger partial charge in [-0.1, -0.05) is 59.6 Å². The Labute approximate surface area is 205 Å². The fraction of sp³-hybridized carbons (Fsp3) is 0.115. The first-order chi connectivity index (χ1) is 16.3. The second-order valence-electron chi connectivity index (χ2n) is 7.73. The predicted molar refractivity (Wildman–Crippen MR) is 135 cm³/mol. The lowest BCUT2D eigenvalue weighted by atomic mass is 9.97. The van der Waals surface area contributed by atoms with Crippen LogP contribution in [-0.2, 0) is 16.6 Å². The summed E-state index contributed by atoms with van der Waals surface area (Å²) in [5.74, 6) is -1.33. The van der Waals surface area contributed by atoms with Crippen LogP contribution < -0.4 is 10.9 Å². The molecule has 1 amide bonds. The fourth-order valence-electron chi connectivity index (χ4n) is 3.68. The van der Waals surface area contributed by atoms with Crippen molar-refractivity contribution in [2.75, 3.05) is 11.9 Å². The second kappa shape index (κ2) is 9.71. The molecule has 0 saturated carbocycles. The van der Waals surface area contributed by atoms with Crippen LogP contribution >= 0.6 is 23.2 Å². The van der Waals surface area contributed by atoms with Crippen LogP contribution in [0, 0.1) is 6.92 Å². The van der Waals surface area contributed by atoms with E-state index in [9.17, 15) is 14.4 Å². The molecule has 0 bridgehead atoms. The summed E-state index contributed by atoms with van der Waals surface area (Å²) >= 11 is 12.1. The number of carbonyl (C=O) groups is 2. The predicted octanol–water partition coefficient (Wildman–Crippen LogP) is 5.62. The van der Waals surface area contributed by atoms with Crippen molar-refractivity contribution >= 4 is 51.5 Å². The van der Waals surface area contributed by atoms with Gasteiger partial charge in [-0.05, 0) is 53.8 Å². The molecule has 3 aromatic carbocycles. The minimum atomic E-state index is -0.799. The zero-order valence-electron chi connectivity index (χ0n) is 18.4. The number of nitrogens with zero attached hydrogens (tertiary/aromatic N) is 1. The minimum Gasteiger partial charge on any atom is -0.451 e. The first-order valence-electron chi connectivity index (χ1n) is 10.4. The Morgan fingerprint density at radius 2 is 1.65 bits per heavy atom. The molecule has 1 heterocycles. The number of aromatic nitrogens is 1. The summed E-state index contributed by atoms with van der Waals surface area (Å²) in [6, 6.07) is 19.0. The molecule has 8 heteroatoms. The van der Waals surface area contributed by atoms with Gasteiger partial charge in [-0.25, -0.2) is 4.79 Å². The summed E-state index contributed by atoms with van der Waals surface area (Å²) in [7, 11) is 1.50. The van der Waals surface area contributed by atoms with Crippen molar-refractivity contribution in [1.82, 2.24) is 4.57 Å². The summed E-state index contributed by atoms with van der Waals surface area (Å²) < 4.78 is 6.56. The molecule has 1 N–H and O–H groups in total. The number of anilines is 1. The standard InChI is InChI=1S/C26H20Cl2N2O4/c1-15-7-12-18(13-21(15)28)29-22(31)14-34-26(33)24-23(16-8-10-17(27)11-9-16)19-5-3-4-6-20(19)25(32)30(24)2/h3-13H,14H2,1-2H3,(H,29,31). The largest absolute Gasteiger partial charge is 0.451 e. The van der Waals surface area contributed by atoms with Gasteiger partial charge in [0.1, 0.15) is 5.69 Å². The van der Waals surface area contributed by atoms with E-state index in [4.69, 9.17) is 27.9 Å². The number of nitrogens with one attached hydrogen (secondary N) is 1. The van der Waals surface area contributed by atoms with E-state index in [-0.39, 0.29) is 11.3 Å². The van der Waals surface area contributed by atoms with E-state index in [2.05, 4.69) is 5.32 Å². The lowest BCUT2D eigenvalue weighted by molar-refractivity contribution is -0.119. The normalized spacial score (nSPS) is 10.8. The second-order valence-corrected chi connectivity index (χ2v) is 8.57. The van der Waals surface area contributed by atoms with Crippen molar-refractivity contribution in [1.29, 1.82) is 0 Å². The maximum Gasteiger partial charge on any atom is 0.356 e. The summed E-state index contributed by atoms with van der Waals surface area (Å²) in [4.78, 5) is 38.5. The highest BCUT2D eigenvalue weighted by Gasteiger charge is 2.23. The zero-order chi connectivity index (χ0) is 24.4. The van der Waals surface area contributed by atoms with Crippen molar-refractivity contribution in [2.45, 2.75) is 6.92 Å². The highest BCUT2D eigenvalue weighted by Crippen LogP contribution is 2.31. The lowest BCUT2D eigenvalue weighted by Gasteiger charge is -2.17. The summed E-state index contributed by atoms with van der Waals surface area (Å²) in [6.45, 7) is 1.31. The van der Waals surface area contributed by atoms with Gasteiger partial charge in [-0.15, -0.1) is 0 Å². The average Bonchev–Trinajstić information content (AvgIpc) is 2.83. The number of rotatable bonds is 5. The molecule has 4 aromatic rings. The van der Waals surface area contributed by atoms with Crippen LogP contribution in [0.25, 0.3) is 21.9 Å². The van der Waals surface area contributed by atoms with Crippen LogP contribution in [0.5, 0.6) is 0 Å². The van der Waals surface area contributed by atoms with Gasteiger partial charge >= 0.3 is 5.97 Å². The van der Waals surface area contributed by atoms with E-state index in [1.54, 1.807) is 66.7 Å². The molecule has 34 heavy (non-hydrogen) atoms. The summed E-state index contributed by atoms with van der Waals surface area (Å²) in [5, 5.41) is 4.74. The fourth-order valence-corrected chi connectivity index (χ4v) is 3.99. The monoisotopic (exact) mass is 494 g/mol. The Hall–Kier alpha value is -3.61. The van der Waals surface area contributed by atoms with E-state index in [0.717, 1.165) is 5.56 Å². The number of amides is 1. The maximum absolute atomic E-state index is 13.2. The van der Waals surface area contributed by atoms with Crippen LogP contribution in [-0.4, -0.2) is 23.1 Å². The molecular weight excluding hydrogens is 475 g/mol. The first-order valence-corrected chi connectivity index (χ1v) is 11.1. The zero-order valence-corrected chi connectivity index (χ0v) is 19.9. The lowest BCUT2D eigenvalue weighted by Crippen LogP contribution is -2.28. The molecule has 0 atom stereocenters. The van der Waals surface area contributed by atoms with Gasteiger partial charge in [-0.2, -0.15) is 0 Å². The van der Waals surface area contributed by atoms with Crippen LogP contribution in [0.3, 0.4) is 0 Å². The third-order valence-electron chi connectivity index (χ3n) is 5.42. The molecule has 0 unspecified atom stereocenters. The summed E-state index contributed by atoms with van der Waals surface area (Å²) in [6.07, 6.45) is 0. The molecule has 0 radical (unpaired) electrons. The van der Waals surface area contributed by atoms with Crippen LogP contribution in [0.2, 0.25) is 10.0 Å². The van der Waals surface area contributed by atoms with E-state index in [1.165, 1.54) is 11.6 Å². The van der Waals surface area contributed by atoms with Crippen molar-refractivity contribution in [2.24, 2.45) is 7.05 Å². The molecule has 0 aliphatic rings. The third kappa shape index (κ3) is 4.69. The molecule has 4 rings (SSSR count). The van der Waals surface area contributed by atoms with Gasteiger partial charge in [0.25, 0.3) is 11.5 Å². The number of aryl methyl sites for hydroxylation is 1. The van der Waals surface area contributed by atoms with Gasteiger partial charge < -0.3 is 14.6 Å². The number of hydrogen-bond acceptors (Lipinski definition) is 4. The topological polar surface area (TPSA) is 77.4 Å². The van der Waals surface area contributed by atoms with Crippen molar-refractivity contribution in [3.63, 3.8) is 0 Å². The van der Waals surface area contributed by atoms with Crippen LogP contribution in [0.1, 0.15) is 16.1 Å². The Balaban J connectivity index is 1.68. The van der Waals surface area contributed by atoms with Gasteiger partial charge in [0.15, 0.2) is 6.61 Å². The van der Waals surface area contributed by atoms with Gasteiger partial charge in [0.05, 0.1) is 0 Å². The highest BCUT2D eigenvalue weighted by atomic mass is 35.5. The summed E-state index contributed by atoms with van der Waals surface area (Å²) in [5.41, 5.74) is 2.25. The Morgan fingerprint density at radius 1 is 0.971 bits per heavy atom. The highest BCUT2D eigenvalue weighted by molar-refractivity contribution is 6.31. The van der Waals surface area contributed by atoms with Crippen molar-refractivity contribution < 1.29 is 14.3 Å². The quantitative estimate of drug-likeness (QED) is 0.365. The number of benzene rings is 3. The van der Waals surface area contributed by atoms with Gasteiger partial charge in [-0.3, -0.25) is 9.59 Å². The molecule has 0 aliphatic carbocycles. The molecule has 0 saturated heterocycles. The van der Waals surface area contributed by atoms with Crippen molar-refractivity contribution in [3.8, 4) is 11.1 Å². The average molecular weight is 495 g/mol. The Kier molecular flexibility index (Phi) is 6.72. The molecule has 0 spiro atoms. The smallest absolute Gasteiger partial charge is 0.356 e. The van der Waals surface area contributed by atoms with E-state index in [1.807, 2.05) is 6.92 Å². The number of esters is 1. The number of ether oxygens (including phenoxy) is 1. The Morgan fingerprint density at radius 3 is 2.32 bits per heavy atom. The van der Waals surface area contributed by atoms with Gasteiger partial charge in [0, 0.05) is 33.7 Å². The van der Waals surface area contributed by atoms with Crippen LogP contribution in [0.15, 0.2) is 71.5 Å². The molecular formula is C26H20Cl2N2O4. The number of pyridine rings is 1. The Bertz CT molecular complexity index is 1480. The van der Waals surface area contributed by atoms with E-state index >= 15 is 0 Å². The SMILES string of the molecule is Cc1ccc(NC(=O)COC(=O)c2c(-c3ccc(Cl)cc3)c3ccccc3c(=O)n2C)cc1Cl. The number of carbonyl (C=O) groups excluding carboxylic acids is 2. The van der Waals surface area contributed by atoms with E-state index < -0.39 is 18.5 Å². The molecule has 172 valence electrons. The molecule has 0 aliphatic heterocycles. The number of halogens is 2. The van der Waals surface area contributed by atoms with Gasteiger partial charge in [0.2, 0.25) is 0 Å². The van der Waals surface area contributed by atoms with Crippen molar-refractivity contribution in [3.05, 3.63) is 98.4 Å². The van der Waals surface area contributed by atoms with Crippen LogP contribution in [0.4, 0.5) is 5.69 Å². The maximum atomic E-state index is 13.2.